The topological polar surface area (TPSA) is 46.6 Å². The van der Waals surface area contributed by atoms with E-state index in [0.29, 0.717) is 13.0 Å². The van der Waals surface area contributed by atoms with Crippen molar-refractivity contribution in [2.75, 3.05) is 20.2 Å². The first-order valence-corrected chi connectivity index (χ1v) is 5.97. The number of carbonyl (C=O) groups is 2. The minimum Gasteiger partial charge on any atom is -0.468 e. The van der Waals surface area contributed by atoms with Gasteiger partial charge in [-0.05, 0) is 25.0 Å². The third-order valence-electron chi connectivity index (χ3n) is 2.88. The fraction of sp³-hybridized carbons (Fsp3) is 0.429. The normalized spacial score (nSPS) is 9.94. The van der Waals surface area contributed by atoms with E-state index in [4.69, 9.17) is 0 Å². The molecular weight excluding hydrogens is 230 g/mol. The highest BCUT2D eigenvalue weighted by atomic mass is 16.5. The predicted molar refractivity (Wildman–Crippen MR) is 69.2 cm³/mol. The monoisotopic (exact) mass is 249 g/mol. The fourth-order valence-corrected chi connectivity index (χ4v) is 1.68. The van der Waals surface area contributed by atoms with Crippen LogP contribution in [-0.2, 0) is 20.7 Å². The van der Waals surface area contributed by atoms with Crippen LogP contribution in [0.15, 0.2) is 24.3 Å². The molecule has 0 bridgehead atoms. The van der Waals surface area contributed by atoms with Crippen LogP contribution in [0.25, 0.3) is 0 Å². The van der Waals surface area contributed by atoms with Gasteiger partial charge in [0.1, 0.15) is 6.54 Å². The van der Waals surface area contributed by atoms with E-state index in [9.17, 15) is 9.59 Å². The van der Waals surface area contributed by atoms with Gasteiger partial charge in [0.2, 0.25) is 5.91 Å². The van der Waals surface area contributed by atoms with Gasteiger partial charge >= 0.3 is 5.97 Å². The first kappa shape index (κ1) is 14.2. The van der Waals surface area contributed by atoms with Crippen LogP contribution in [0.3, 0.4) is 0 Å². The molecule has 1 amide bonds. The number of amides is 1. The smallest absolute Gasteiger partial charge is 0.325 e. The highest BCUT2D eigenvalue weighted by Gasteiger charge is 2.16. The maximum atomic E-state index is 12.1. The van der Waals surface area contributed by atoms with Crippen LogP contribution in [-0.4, -0.2) is 37.0 Å². The van der Waals surface area contributed by atoms with Crippen LogP contribution in [0, 0.1) is 6.92 Å². The van der Waals surface area contributed by atoms with E-state index >= 15 is 0 Å². The highest BCUT2D eigenvalue weighted by molar-refractivity contribution is 5.83. The summed E-state index contributed by atoms with van der Waals surface area (Å²) in [5, 5.41) is 0. The number of esters is 1. The van der Waals surface area contributed by atoms with Gasteiger partial charge in [-0.3, -0.25) is 9.59 Å². The first-order chi connectivity index (χ1) is 8.58. The summed E-state index contributed by atoms with van der Waals surface area (Å²) in [6.07, 6.45) is 0.317. The number of likely N-dealkylation sites (N-methyl/N-ethyl adjacent to an activating group) is 1. The van der Waals surface area contributed by atoms with Crippen molar-refractivity contribution in [2.45, 2.75) is 20.3 Å². The molecule has 1 aromatic rings. The number of hydrogen-bond donors (Lipinski definition) is 0. The van der Waals surface area contributed by atoms with Gasteiger partial charge in [0.25, 0.3) is 0 Å². The lowest BCUT2D eigenvalue weighted by Gasteiger charge is -2.19. The molecule has 0 aliphatic carbocycles. The highest BCUT2D eigenvalue weighted by Crippen LogP contribution is 2.09. The summed E-state index contributed by atoms with van der Waals surface area (Å²) in [6, 6.07) is 7.75. The van der Waals surface area contributed by atoms with E-state index in [1.807, 2.05) is 38.1 Å². The van der Waals surface area contributed by atoms with Crippen molar-refractivity contribution >= 4 is 11.9 Å². The van der Waals surface area contributed by atoms with Gasteiger partial charge in [0, 0.05) is 6.54 Å². The zero-order valence-corrected chi connectivity index (χ0v) is 11.1. The molecule has 4 nitrogen and oxygen atoms in total. The second-order valence-electron chi connectivity index (χ2n) is 4.09. The zero-order chi connectivity index (χ0) is 13.5. The Morgan fingerprint density at radius 2 is 1.94 bits per heavy atom. The Morgan fingerprint density at radius 3 is 2.50 bits per heavy atom. The molecule has 0 fully saturated rings. The Hall–Kier alpha value is -1.84. The van der Waals surface area contributed by atoms with Crippen molar-refractivity contribution in [3.63, 3.8) is 0 Å². The van der Waals surface area contributed by atoms with Crippen molar-refractivity contribution in [2.24, 2.45) is 0 Å². The third kappa shape index (κ3) is 3.87. The van der Waals surface area contributed by atoms with E-state index < -0.39 is 5.97 Å². The Kier molecular flexibility index (Phi) is 5.36. The summed E-state index contributed by atoms with van der Waals surface area (Å²) in [5.74, 6) is -0.452. The lowest BCUT2D eigenvalue weighted by Crippen LogP contribution is -2.37. The molecule has 0 atom stereocenters. The molecule has 4 heteroatoms. The van der Waals surface area contributed by atoms with Gasteiger partial charge in [-0.2, -0.15) is 0 Å². The van der Waals surface area contributed by atoms with Gasteiger partial charge in [-0.25, -0.2) is 0 Å². The van der Waals surface area contributed by atoms with Crippen LogP contribution in [0.1, 0.15) is 18.1 Å². The van der Waals surface area contributed by atoms with Crippen molar-refractivity contribution in [3.05, 3.63) is 35.4 Å². The molecule has 1 rings (SSSR count). The SMILES string of the molecule is CCN(CC(=O)OC)C(=O)Cc1ccccc1C. The molecule has 0 spiro atoms. The maximum Gasteiger partial charge on any atom is 0.325 e. The van der Waals surface area contributed by atoms with Crippen molar-refractivity contribution in [1.82, 2.24) is 4.90 Å². The second-order valence-corrected chi connectivity index (χ2v) is 4.09. The summed E-state index contributed by atoms with van der Waals surface area (Å²) in [6.45, 7) is 4.33. The number of carbonyl (C=O) groups excluding carboxylic acids is 2. The molecule has 0 saturated carbocycles. The molecule has 18 heavy (non-hydrogen) atoms. The lowest BCUT2D eigenvalue weighted by molar-refractivity contribution is -0.146. The molecule has 0 aromatic heterocycles. The average Bonchev–Trinajstić information content (AvgIpc) is 2.38. The van der Waals surface area contributed by atoms with E-state index in [-0.39, 0.29) is 12.5 Å². The zero-order valence-electron chi connectivity index (χ0n) is 11.1. The van der Waals surface area contributed by atoms with Crippen LogP contribution < -0.4 is 0 Å². The number of hydrogen-bond acceptors (Lipinski definition) is 3. The number of aryl methyl sites for hydroxylation is 1. The molecular formula is C14H19NO3. The van der Waals surface area contributed by atoms with E-state index in [1.165, 1.54) is 12.0 Å². The maximum absolute atomic E-state index is 12.1. The standard InChI is InChI=1S/C14H19NO3/c1-4-15(10-14(17)18-3)13(16)9-12-8-6-5-7-11(12)2/h5-8H,4,9-10H2,1-3H3. The van der Waals surface area contributed by atoms with Crippen LogP contribution in [0.2, 0.25) is 0 Å². The fourth-order valence-electron chi connectivity index (χ4n) is 1.68. The van der Waals surface area contributed by atoms with E-state index in [1.54, 1.807) is 0 Å². The summed E-state index contributed by atoms with van der Waals surface area (Å²) in [4.78, 5) is 24.8. The third-order valence-corrected chi connectivity index (χ3v) is 2.88. The summed E-state index contributed by atoms with van der Waals surface area (Å²) in [5.41, 5.74) is 2.07. The number of ether oxygens (including phenoxy) is 1. The largest absolute Gasteiger partial charge is 0.468 e. The van der Waals surface area contributed by atoms with Crippen LogP contribution in [0.5, 0.6) is 0 Å². The van der Waals surface area contributed by atoms with Gasteiger partial charge in [-0.1, -0.05) is 24.3 Å². The van der Waals surface area contributed by atoms with E-state index in [2.05, 4.69) is 4.74 Å². The Morgan fingerprint density at radius 1 is 1.28 bits per heavy atom. The average molecular weight is 249 g/mol. The van der Waals surface area contributed by atoms with Crippen LogP contribution >= 0.6 is 0 Å². The molecule has 98 valence electrons. The molecule has 0 aliphatic rings. The number of rotatable bonds is 5. The van der Waals surface area contributed by atoms with Gasteiger partial charge < -0.3 is 9.64 Å². The molecule has 0 aliphatic heterocycles. The number of methoxy groups -OCH3 is 1. The van der Waals surface area contributed by atoms with Gasteiger partial charge in [0.05, 0.1) is 13.5 Å². The minimum absolute atomic E-state index is 0.0116. The molecule has 0 unspecified atom stereocenters. The van der Waals surface area contributed by atoms with Crippen molar-refractivity contribution in [3.8, 4) is 0 Å². The number of benzene rings is 1. The molecule has 0 heterocycles. The quantitative estimate of drug-likeness (QED) is 0.744. The summed E-state index contributed by atoms with van der Waals surface area (Å²) in [7, 11) is 1.32. The first-order valence-electron chi connectivity index (χ1n) is 5.97. The Bertz CT molecular complexity index is 429. The minimum atomic E-state index is -0.394. The number of nitrogens with zero attached hydrogens (tertiary/aromatic N) is 1. The predicted octanol–water partition coefficient (Wildman–Crippen LogP) is 1.56. The van der Waals surface area contributed by atoms with Crippen molar-refractivity contribution < 1.29 is 14.3 Å². The van der Waals surface area contributed by atoms with Gasteiger partial charge in [-0.15, -0.1) is 0 Å². The molecule has 0 saturated heterocycles. The second kappa shape index (κ2) is 6.79. The van der Waals surface area contributed by atoms with E-state index in [0.717, 1.165) is 11.1 Å². The molecule has 0 N–H and O–H groups in total. The van der Waals surface area contributed by atoms with Crippen LogP contribution in [0.4, 0.5) is 0 Å². The molecule has 1 aromatic carbocycles. The van der Waals surface area contributed by atoms with Gasteiger partial charge in [0.15, 0.2) is 0 Å². The Balaban J connectivity index is 2.68. The lowest BCUT2D eigenvalue weighted by atomic mass is 10.1. The summed E-state index contributed by atoms with van der Waals surface area (Å²) < 4.78 is 4.57. The van der Waals surface area contributed by atoms with Crippen molar-refractivity contribution in [1.29, 1.82) is 0 Å². The molecule has 0 radical (unpaired) electrons. The Labute approximate surface area is 108 Å². The summed E-state index contributed by atoms with van der Waals surface area (Å²) >= 11 is 0.